The van der Waals surface area contributed by atoms with Gasteiger partial charge in [0.05, 0.1) is 19.8 Å². The average molecular weight is 275 g/mol. The number of nitrogens with zero attached hydrogens (tertiary/aromatic N) is 2. The summed E-state index contributed by atoms with van der Waals surface area (Å²) in [6.45, 7) is 4.48. The van der Waals surface area contributed by atoms with E-state index in [1.807, 2.05) is 18.2 Å². The summed E-state index contributed by atoms with van der Waals surface area (Å²) in [6, 6.07) is 5.99. The van der Waals surface area contributed by atoms with Crippen molar-refractivity contribution in [3.8, 4) is 11.5 Å². The Labute approximate surface area is 117 Å². The Morgan fingerprint density at radius 3 is 2.80 bits per heavy atom. The van der Waals surface area contributed by atoms with E-state index in [4.69, 9.17) is 14.0 Å². The maximum atomic E-state index is 5.66. The molecule has 6 nitrogen and oxygen atoms in total. The third kappa shape index (κ3) is 3.08. The molecule has 1 aliphatic heterocycles. The molecule has 3 rings (SSSR count). The maximum absolute atomic E-state index is 5.66. The minimum absolute atomic E-state index is 0.575. The summed E-state index contributed by atoms with van der Waals surface area (Å²) in [5.41, 5.74) is 1.13. The van der Waals surface area contributed by atoms with Crippen LogP contribution >= 0.6 is 0 Å². The van der Waals surface area contributed by atoms with Crippen molar-refractivity contribution >= 4 is 0 Å². The fourth-order valence-electron chi connectivity index (χ4n) is 2.05. The molecule has 0 atom stereocenters. The molecule has 1 aromatic carbocycles. The van der Waals surface area contributed by atoms with Crippen LogP contribution in [0, 0.1) is 6.92 Å². The summed E-state index contributed by atoms with van der Waals surface area (Å²) in [5, 5.41) is 7.11. The van der Waals surface area contributed by atoms with Gasteiger partial charge < -0.3 is 19.3 Å². The van der Waals surface area contributed by atoms with Crippen LogP contribution in [0.25, 0.3) is 0 Å². The van der Waals surface area contributed by atoms with E-state index < -0.39 is 0 Å². The van der Waals surface area contributed by atoms with Gasteiger partial charge >= 0.3 is 0 Å². The fourth-order valence-corrected chi connectivity index (χ4v) is 2.05. The van der Waals surface area contributed by atoms with Crippen LogP contribution in [-0.2, 0) is 13.1 Å². The van der Waals surface area contributed by atoms with Crippen molar-refractivity contribution in [2.75, 3.05) is 13.2 Å². The highest BCUT2D eigenvalue weighted by Crippen LogP contribution is 2.30. The van der Waals surface area contributed by atoms with Crippen LogP contribution in [0.3, 0.4) is 0 Å². The standard InChI is InChI=1S/C14H17N3O3/c1-10-16-14(17-20-10)9-15-8-11-3-4-12-13(7-11)19-6-2-5-18-12/h3-4,7,15H,2,5-6,8-9H2,1H3. The van der Waals surface area contributed by atoms with Crippen molar-refractivity contribution in [3.63, 3.8) is 0 Å². The maximum Gasteiger partial charge on any atom is 0.223 e. The lowest BCUT2D eigenvalue weighted by atomic mass is 10.2. The van der Waals surface area contributed by atoms with E-state index in [2.05, 4.69) is 15.5 Å². The molecular formula is C14H17N3O3. The van der Waals surface area contributed by atoms with E-state index in [1.165, 1.54) is 0 Å². The van der Waals surface area contributed by atoms with Gasteiger partial charge in [0.15, 0.2) is 17.3 Å². The Balaban J connectivity index is 1.59. The molecule has 0 radical (unpaired) electrons. The van der Waals surface area contributed by atoms with Gasteiger partial charge in [-0.05, 0) is 17.7 Å². The molecule has 0 unspecified atom stereocenters. The van der Waals surface area contributed by atoms with Crippen LogP contribution in [0.15, 0.2) is 22.7 Å². The fraction of sp³-hybridized carbons (Fsp3) is 0.429. The lowest BCUT2D eigenvalue weighted by Crippen LogP contribution is -2.13. The van der Waals surface area contributed by atoms with Gasteiger partial charge in [0.1, 0.15) is 0 Å². The number of nitrogens with one attached hydrogen (secondary N) is 1. The average Bonchev–Trinajstić information content (AvgIpc) is 2.73. The molecule has 0 bridgehead atoms. The lowest BCUT2D eigenvalue weighted by molar-refractivity contribution is 0.297. The highest BCUT2D eigenvalue weighted by molar-refractivity contribution is 5.43. The Morgan fingerprint density at radius 2 is 2.00 bits per heavy atom. The van der Waals surface area contributed by atoms with Gasteiger partial charge in [-0.3, -0.25) is 0 Å². The second kappa shape index (κ2) is 5.92. The number of rotatable bonds is 4. The van der Waals surface area contributed by atoms with Crippen molar-refractivity contribution in [1.82, 2.24) is 15.5 Å². The SMILES string of the molecule is Cc1nc(CNCc2ccc3c(c2)OCCCO3)no1. The van der Waals surface area contributed by atoms with E-state index in [0.717, 1.165) is 23.5 Å². The molecule has 0 fully saturated rings. The number of aryl methyl sites for hydroxylation is 1. The van der Waals surface area contributed by atoms with Crippen molar-refractivity contribution in [1.29, 1.82) is 0 Å². The van der Waals surface area contributed by atoms with Gasteiger partial charge in [0.25, 0.3) is 0 Å². The monoisotopic (exact) mass is 275 g/mol. The van der Waals surface area contributed by atoms with Crippen molar-refractivity contribution in [2.24, 2.45) is 0 Å². The van der Waals surface area contributed by atoms with Crippen LogP contribution < -0.4 is 14.8 Å². The van der Waals surface area contributed by atoms with E-state index in [0.29, 0.717) is 38.0 Å². The number of benzene rings is 1. The molecule has 0 spiro atoms. The van der Waals surface area contributed by atoms with Gasteiger partial charge in [-0.25, -0.2) is 0 Å². The zero-order valence-electron chi connectivity index (χ0n) is 11.4. The Hall–Kier alpha value is -2.08. The number of hydrogen-bond acceptors (Lipinski definition) is 6. The summed E-state index contributed by atoms with van der Waals surface area (Å²) in [4.78, 5) is 4.14. The summed E-state index contributed by atoms with van der Waals surface area (Å²) in [7, 11) is 0. The van der Waals surface area contributed by atoms with Crippen LogP contribution in [-0.4, -0.2) is 23.4 Å². The quantitative estimate of drug-likeness (QED) is 0.918. The second-order valence-electron chi connectivity index (χ2n) is 4.66. The molecule has 20 heavy (non-hydrogen) atoms. The molecule has 2 heterocycles. The molecule has 0 saturated carbocycles. The van der Waals surface area contributed by atoms with Gasteiger partial charge in [0, 0.05) is 19.9 Å². The predicted octanol–water partition coefficient (Wildman–Crippen LogP) is 1.83. The first-order chi connectivity index (χ1) is 9.81. The molecule has 6 heteroatoms. The van der Waals surface area contributed by atoms with E-state index in [9.17, 15) is 0 Å². The van der Waals surface area contributed by atoms with Gasteiger partial charge in [-0.15, -0.1) is 0 Å². The normalized spacial score (nSPS) is 14.1. The van der Waals surface area contributed by atoms with Gasteiger partial charge in [0.2, 0.25) is 5.89 Å². The molecule has 1 aromatic heterocycles. The summed E-state index contributed by atoms with van der Waals surface area (Å²) < 4.78 is 16.2. The topological polar surface area (TPSA) is 69.4 Å². The Kier molecular flexibility index (Phi) is 3.83. The first kappa shape index (κ1) is 12.9. The predicted molar refractivity (Wildman–Crippen MR) is 71.6 cm³/mol. The van der Waals surface area contributed by atoms with Gasteiger partial charge in [-0.1, -0.05) is 11.2 Å². The molecule has 106 valence electrons. The summed E-state index contributed by atoms with van der Waals surface area (Å²) >= 11 is 0. The van der Waals surface area contributed by atoms with Crippen molar-refractivity contribution in [2.45, 2.75) is 26.4 Å². The van der Waals surface area contributed by atoms with E-state index in [1.54, 1.807) is 6.92 Å². The molecule has 0 saturated heterocycles. The molecule has 1 aliphatic rings. The third-order valence-corrected chi connectivity index (χ3v) is 2.99. The van der Waals surface area contributed by atoms with Crippen LogP contribution in [0.1, 0.15) is 23.7 Å². The molecule has 1 N–H and O–H groups in total. The minimum Gasteiger partial charge on any atom is -0.490 e. The number of aromatic nitrogens is 2. The number of hydrogen-bond donors (Lipinski definition) is 1. The van der Waals surface area contributed by atoms with Crippen LogP contribution in [0.4, 0.5) is 0 Å². The first-order valence-corrected chi connectivity index (χ1v) is 6.70. The highest BCUT2D eigenvalue weighted by Gasteiger charge is 2.10. The Morgan fingerprint density at radius 1 is 1.15 bits per heavy atom. The van der Waals surface area contributed by atoms with Crippen LogP contribution in [0.5, 0.6) is 11.5 Å². The summed E-state index contributed by atoms with van der Waals surface area (Å²) in [5.74, 6) is 2.88. The molecule has 0 aliphatic carbocycles. The molecule has 0 amide bonds. The van der Waals surface area contributed by atoms with E-state index >= 15 is 0 Å². The molecule has 2 aromatic rings. The summed E-state index contributed by atoms with van der Waals surface area (Å²) in [6.07, 6.45) is 0.916. The van der Waals surface area contributed by atoms with E-state index in [-0.39, 0.29) is 0 Å². The molecular weight excluding hydrogens is 258 g/mol. The second-order valence-corrected chi connectivity index (χ2v) is 4.66. The zero-order valence-corrected chi connectivity index (χ0v) is 11.4. The highest BCUT2D eigenvalue weighted by atomic mass is 16.5. The van der Waals surface area contributed by atoms with Crippen molar-refractivity contribution < 1.29 is 14.0 Å². The number of ether oxygens (including phenoxy) is 2. The number of fused-ring (bicyclic) bond motifs is 1. The minimum atomic E-state index is 0.575. The zero-order chi connectivity index (χ0) is 13.8. The van der Waals surface area contributed by atoms with Crippen molar-refractivity contribution in [3.05, 3.63) is 35.5 Å². The smallest absolute Gasteiger partial charge is 0.223 e. The Bertz CT molecular complexity index is 583. The first-order valence-electron chi connectivity index (χ1n) is 6.70. The largest absolute Gasteiger partial charge is 0.490 e. The lowest BCUT2D eigenvalue weighted by Gasteiger charge is -2.09. The van der Waals surface area contributed by atoms with Gasteiger partial charge in [-0.2, -0.15) is 4.98 Å². The third-order valence-electron chi connectivity index (χ3n) is 2.99. The van der Waals surface area contributed by atoms with Crippen LogP contribution in [0.2, 0.25) is 0 Å².